The predicted molar refractivity (Wildman–Crippen MR) is 101 cm³/mol. The lowest BCUT2D eigenvalue weighted by atomic mass is 10.1. The number of H-pyrrole nitrogens is 2. The Hall–Kier alpha value is -3.55. The van der Waals surface area contributed by atoms with Gasteiger partial charge in [-0.25, -0.2) is 18.7 Å². The molecule has 3 heterocycles. The van der Waals surface area contributed by atoms with Crippen LogP contribution in [0.3, 0.4) is 0 Å². The van der Waals surface area contributed by atoms with Crippen LogP contribution < -0.4 is 5.56 Å². The van der Waals surface area contributed by atoms with Crippen LogP contribution in [0.1, 0.15) is 11.4 Å². The van der Waals surface area contributed by atoms with Gasteiger partial charge in [-0.3, -0.25) is 4.79 Å². The second-order valence-corrected chi connectivity index (χ2v) is 6.47. The third-order valence-corrected chi connectivity index (χ3v) is 4.45. The van der Waals surface area contributed by atoms with E-state index in [1.807, 2.05) is 23.6 Å². The monoisotopic (exact) mass is 381 g/mol. The number of benzene rings is 1. The fraction of sp³-hybridized carbons (Fsp3) is 0.150. The molecule has 0 fully saturated rings. The number of imidazole rings is 1. The summed E-state index contributed by atoms with van der Waals surface area (Å²) in [4.78, 5) is 25.7. The third kappa shape index (κ3) is 3.48. The summed E-state index contributed by atoms with van der Waals surface area (Å²) in [5, 5.41) is 0. The Morgan fingerprint density at radius 3 is 2.68 bits per heavy atom. The number of nitrogens with one attached hydrogen (secondary N) is 2. The lowest BCUT2D eigenvalue weighted by molar-refractivity contribution is 0.585. The number of nitrogens with zero attached hydrogens (tertiary/aromatic N) is 3. The molecule has 0 saturated heterocycles. The fourth-order valence-electron chi connectivity index (χ4n) is 3.14. The van der Waals surface area contributed by atoms with E-state index >= 15 is 0 Å². The van der Waals surface area contributed by atoms with Crippen molar-refractivity contribution < 1.29 is 8.78 Å². The largest absolute Gasteiger partial charge is 0.357 e. The summed E-state index contributed by atoms with van der Waals surface area (Å²) >= 11 is 0. The van der Waals surface area contributed by atoms with Crippen LogP contribution in [0.4, 0.5) is 8.78 Å². The minimum absolute atomic E-state index is 0.218. The highest BCUT2D eigenvalue weighted by molar-refractivity contribution is 5.77. The predicted octanol–water partition coefficient (Wildman–Crippen LogP) is 3.46. The average molecular weight is 381 g/mol. The van der Waals surface area contributed by atoms with Crippen LogP contribution in [0.25, 0.3) is 22.6 Å². The van der Waals surface area contributed by atoms with E-state index in [9.17, 15) is 13.6 Å². The van der Waals surface area contributed by atoms with Crippen LogP contribution in [-0.2, 0) is 13.0 Å². The molecule has 1 aromatic carbocycles. The summed E-state index contributed by atoms with van der Waals surface area (Å²) in [7, 11) is 0. The van der Waals surface area contributed by atoms with E-state index in [0.717, 1.165) is 17.5 Å². The molecule has 142 valence electrons. The minimum atomic E-state index is -0.675. The third-order valence-electron chi connectivity index (χ3n) is 4.45. The van der Waals surface area contributed by atoms with Gasteiger partial charge in [0.1, 0.15) is 17.3 Å². The molecule has 0 radical (unpaired) electrons. The normalized spacial score (nSPS) is 11.1. The lowest BCUT2D eigenvalue weighted by Gasteiger charge is -2.10. The van der Waals surface area contributed by atoms with Gasteiger partial charge in [-0.2, -0.15) is 0 Å². The second-order valence-electron chi connectivity index (χ2n) is 6.47. The zero-order valence-corrected chi connectivity index (χ0v) is 15.0. The Kier molecular flexibility index (Phi) is 4.60. The first kappa shape index (κ1) is 17.8. The maximum absolute atomic E-state index is 14.4. The van der Waals surface area contributed by atoms with Gasteiger partial charge in [-0.15, -0.1) is 0 Å². The number of rotatable bonds is 5. The molecule has 0 aliphatic heterocycles. The van der Waals surface area contributed by atoms with Gasteiger partial charge >= 0.3 is 0 Å². The van der Waals surface area contributed by atoms with Crippen molar-refractivity contribution >= 4 is 0 Å². The summed E-state index contributed by atoms with van der Waals surface area (Å²) in [6, 6.07) is 8.68. The van der Waals surface area contributed by atoms with E-state index in [1.165, 1.54) is 24.5 Å². The summed E-state index contributed by atoms with van der Waals surface area (Å²) in [5.74, 6) is -1.32. The first-order valence-electron chi connectivity index (χ1n) is 8.71. The highest BCUT2D eigenvalue weighted by Crippen LogP contribution is 2.32. The Morgan fingerprint density at radius 2 is 1.96 bits per heavy atom. The second kappa shape index (κ2) is 7.22. The van der Waals surface area contributed by atoms with Crippen LogP contribution in [0.2, 0.25) is 0 Å². The molecule has 4 rings (SSSR count). The van der Waals surface area contributed by atoms with E-state index in [1.54, 1.807) is 6.33 Å². The highest BCUT2D eigenvalue weighted by atomic mass is 19.1. The van der Waals surface area contributed by atoms with Crippen molar-refractivity contribution in [3.8, 4) is 22.6 Å². The highest BCUT2D eigenvalue weighted by Gasteiger charge is 2.19. The molecule has 0 saturated carbocycles. The van der Waals surface area contributed by atoms with Crippen molar-refractivity contribution in [1.29, 1.82) is 0 Å². The van der Waals surface area contributed by atoms with Crippen LogP contribution in [0, 0.1) is 18.6 Å². The Morgan fingerprint density at radius 1 is 1.11 bits per heavy atom. The molecule has 0 atom stereocenters. The number of aromatic amines is 2. The SMILES string of the molecule is Cc1ccc(-c2c(-c3ccc(F)cc3F)ncn2CCc2cc(=O)[nH]cn2)[nH]1. The molecule has 3 aromatic heterocycles. The number of halogens is 2. The quantitative estimate of drug-likeness (QED) is 0.556. The molecule has 8 heteroatoms. The zero-order valence-electron chi connectivity index (χ0n) is 15.0. The molecule has 0 aliphatic carbocycles. The molecule has 4 aromatic rings. The van der Waals surface area contributed by atoms with Crippen LogP contribution in [0.15, 0.2) is 53.8 Å². The average Bonchev–Trinajstić information content (AvgIpc) is 3.26. The van der Waals surface area contributed by atoms with Gasteiger partial charge in [-0.05, 0) is 31.2 Å². The van der Waals surface area contributed by atoms with Crippen molar-refractivity contribution in [2.45, 2.75) is 19.9 Å². The molecule has 0 amide bonds. The smallest absolute Gasteiger partial charge is 0.250 e. The van der Waals surface area contributed by atoms with Crippen LogP contribution >= 0.6 is 0 Å². The Bertz CT molecular complexity index is 1190. The zero-order chi connectivity index (χ0) is 19.7. The van der Waals surface area contributed by atoms with Gasteiger partial charge in [0.15, 0.2) is 0 Å². The number of hydrogen-bond donors (Lipinski definition) is 2. The first-order valence-corrected chi connectivity index (χ1v) is 8.71. The van der Waals surface area contributed by atoms with Gasteiger partial charge in [0.05, 0.1) is 24.0 Å². The molecule has 0 unspecified atom stereocenters. The Labute approximate surface area is 158 Å². The maximum Gasteiger partial charge on any atom is 0.250 e. The molecular weight excluding hydrogens is 364 g/mol. The molecular formula is C20H17F2N5O. The van der Waals surface area contributed by atoms with E-state index < -0.39 is 11.6 Å². The van der Waals surface area contributed by atoms with E-state index in [2.05, 4.69) is 19.9 Å². The van der Waals surface area contributed by atoms with Gasteiger partial charge < -0.3 is 14.5 Å². The molecule has 0 spiro atoms. The first-order chi connectivity index (χ1) is 13.5. The summed E-state index contributed by atoms with van der Waals surface area (Å²) < 4.78 is 29.6. The molecule has 2 N–H and O–H groups in total. The minimum Gasteiger partial charge on any atom is -0.357 e. The van der Waals surface area contributed by atoms with Gasteiger partial charge in [0.2, 0.25) is 0 Å². The number of hydrogen-bond acceptors (Lipinski definition) is 3. The molecule has 0 aliphatic rings. The van der Waals surface area contributed by atoms with Gasteiger partial charge in [0.25, 0.3) is 5.56 Å². The molecule has 0 bridgehead atoms. The van der Waals surface area contributed by atoms with Crippen molar-refractivity contribution in [2.75, 3.05) is 0 Å². The van der Waals surface area contributed by atoms with Crippen LogP contribution in [-0.4, -0.2) is 24.5 Å². The fourth-order valence-corrected chi connectivity index (χ4v) is 3.14. The van der Waals surface area contributed by atoms with Gasteiger partial charge in [0, 0.05) is 42.0 Å². The Balaban J connectivity index is 1.76. The standard InChI is InChI=1S/C20H17F2N5O/c1-12-2-5-17(26-12)20-19(15-4-3-13(21)8-16(15)22)25-11-27(20)7-6-14-9-18(28)24-10-23-14/h2-5,8-11,26H,6-7H2,1H3,(H,23,24,28). The van der Waals surface area contributed by atoms with Crippen molar-refractivity contribution in [3.05, 3.63) is 82.4 Å². The van der Waals surface area contributed by atoms with E-state index in [-0.39, 0.29) is 11.1 Å². The number of aryl methyl sites for hydroxylation is 3. The summed E-state index contributed by atoms with van der Waals surface area (Å²) in [6.45, 7) is 2.40. The lowest BCUT2D eigenvalue weighted by Crippen LogP contribution is -2.09. The summed E-state index contributed by atoms with van der Waals surface area (Å²) in [5.41, 5.74) is 3.46. The summed E-state index contributed by atoms with van der Waals surface area (Å²) in [6.07, 6.45) is 3.47. The van der Waals surface area contributed by atoms with Crippen molar-refractivity contribution in [2.24, 2.45) is 0 Å². The van der Waals surface area contributed by atoms with Crippen LogP contribution in [0.5, 0.6) is 0 Å². The van der Waals surface area contributed by atoms with E-state index in [0.29, 0.717) is 30.0 Å². The topological polar surface area (TPSA) is 79.4 Å². The molecule has 28 heavy (non-hydrogen) atoms. The van der Waals surface area contributed by atoms with Gasteiger partial charge in [-0.1, -0.05) is 0 Å². The van der Waals surface area contributed by atoms with E-state index in [4.69, 9.17) is 0 Å². The maximum atomic E-state index is 14.4. The van der Waals surface area contributed by atoms with Crippen molar-refractivity contribution in [1.82, 2.24) is 24.5 Å². The van der Waals surface area contributed by atoms with Crippen molar-refractivity contribution in [3.63, 3.8) is 0 Å². The number of aromatic nitrogens is 5. The molecule has 6 nitrogen and oxygen atoms in total.